The van der Waals surface area contributed by atoms with Crippen molar-refractivity contribution in [1.29, 1.82) is 0 Å². The molecule has 1 aromatic rings. The van der Waals surface area contributed by atoms with Crippen LogP contribution >= 0.6 is 34.2 Å². The fourth-order valence-corrected chi connectivity index (χ4v) is 3.39. The van der Waals surface area contributed by atoms with Crippen molar-refractivity contribution in [2.45, 2.75) is 12.8 Å². The van der Waals surface area contributed by atoms with Gasteiger partial charge in [-0.25, -0.2) is 0 Å². The first-order valence-corrected chi connectivity index (χ1v) is 7.48. The third-order valence-corrected chi connectivity index (χ3v) is 4.36. The topological polar surface area (TPSA) is 15.3 Å². The number of halogens is 2. The molecule has 1 N–H and O–H groups in total. The maximum Gasteiger partial charge on any atom is 0.0477 e. The Kier molecular flexibility index (Phi) is 4.94. The van der Waals surface area contributed by atoms with Crippen LogP contribution in [0.4, 0.5) is 5.69 Å². The highest BCUT2D eigenvalue weighted by molar-refractivity contribution is 14.1. The molecule has 1 fully saturated rings. The van der Waals surface area contributed by atoms with E-state index in [4.69, 9.17) is 11.6 Å². The fraction of sp³-hybridized carbons (Fsp3) is 0.538. The molecule has 2 rings (SSSR count). The van der Waals surface area contributed by atoms with Gasteiger partial charge in [-0.3, -0.25) is 0 Å². The molecule has 4 heteroatoms. The third-order valence-electron chi connectivity index (χ3n) is 3.23. The van der Waals surface area contributed by atoms with Crippen molar-refractivity contribution >= 4 is 39.9 Å². The van der Waals surface area contributed by atoms with Crippen LogP contribution < -0.4 is 5.32 Å². The summed E-state index contributed by atoms with van der Waals surface area (Å²) in [6.07, 6.45) is 2.65. The molecule has 0 saturated carbocycles. The lowest BCUT2D eigenvalue weighted by Gasteiger charge is -2.30. The van der Waals surface area contributed by atoms with Crippen LogP contribution in [-0.4, -0.2) is 31.6 Å². The largest absolute Gasteiger partial charge is 0.384 e. The molecule has 17 heavy (non-hydrogen) atoms. The number of piperidine rings is 1. The zero-order valence-electron chi connectivity index (χ0n) is 10.0. The predicted octanol–water partition coefficient (Wildman–Crippen LogP) is 3.70. The summed E-state index contributed by atoms with van der Waals surface area (Å²) in [5, 5.41) is 4.34. The lowest BCUT2D eigenvalue weighted by molar-refractivity contribution is 0.217. The van der Waals surface area contributed by atoms with E-state index in [0.29, 0.717) is 0 Å². The van der Waals surface area contributed by atoms with Crippen LogP contribution in [0.25, 0.3) is 0 Å². The minimum Gasteiger partial charge on any atom is -0.384 e. The summed E-state index contributed by atoms with van der Waals surface area (Å²) in [6, 6.07) is 6.01. The number of anilines is 1. The average Bonchev–Trinajstić information content (AvgIpc) is 2.28. The molecule has 0 spiro atoms. The first-order valence-electron chi connectivity index (χ1n) is 6.02. The zero-order valence-corrected chi connectivity index (χ0v) is 13.0. The van der Waals surface area contributed by atoms with Crippen LogP contribution in [0.3, 0.4) is 0 Å². The smallest absolute Gasteiger partial charge is 0.0477 e. The summed E-state index contributed by atoms with van der Waals surface area (Å²) in [7, 11) is 2.21. The molecular formula is C13H18ClIN2. The molecular weight excluding hydrogens is 347 g/mol. The minimum absolute atomic E-state index is 0.764. The monoisotopic (exact) mass is 364 g/mol. The molecule has 0 aromatic heterocycles. The van der Waals surface area contributed by atoms with Crippen LogP contribution in [0.5, 0.6) is 0 Å². The molecule has 1 aromatic carbocycles. The van der Waals surface area contributed by atoms with Crippen LogP contribution in [0.1, 0.15) is 12.8 Å². The van der Waals surface area contributed by atoms with Crippen LogP contribution in [0, 0.1) is 9.49 Å². The average molecular weight is 365 g/mol. The van der Waals surface area contributed by atoms with E-state index in [1.807, 2.05) is 12.1 Å². The standard InChI is InChI=1S/C13H18ClIN2/c1-17-6-2-3-10(9-17)8-16-13-5-4-11(14)7-12(13)15/h4-5,7,10,16H,2-3,6,8-9H2,1H3. The van der Waals surface area contributed by atoms with E-state index < -0.39 is 0 Å². The summed E-state index contributed by atoms with van der Waals surface area (Å²) >= 11 is 8.27. The number of rotatable bonds is 3. The second-order valence-electron chi connectivity index (χ2n) is 4.78. The highest BCUT2D eigenvalue weighted by atomic mass is 127. The Morgan fingerprint density at radius 2 is 2.35 bits per heavy atom. The molecule has 2 nitrogen and oxygen atoms in total. The highest BCUT2D eigenvalue weighted by Crippen LogP contribution is 2.23. The van der Waals surface area contributed by atoms with Crippen LogP contribution in [0.2, 0.25) is 5.02 Å². The van der Waals surface area contributed by atoms with Gasteiger partial charge in [-0.1, -0.05) is 11.6 Å². The van der Waals surface area contributed by atoms with Gasteiger partial charge in [-0.15, -0.1) is 0 Å². The van der Waals surface area contributed by atoms with Crippen molar-refractivity contribution in [2.75, 3.05) is 32.0 Å². The number of hydrogen-bond acceptors (Lipinski definition) is 2. The Hall–Kier alpha value is -0.000000000000000111. The van der Waals surface area contributed by atoms with Crippen molar-refractivity contribution < 1.29 is 0 Å². The Bertz CT molecular complexity index is 384. The van der Waals surface area contributed by atoms with Gasteiger partial charge in [0.25, 0.3) is 0 Å². The van der Waals surface area contributed by atoms with E-state index in [-0.39, 0.29) is 0 Å². The molecule has 1 saturated heterocycles. The van der Waals surface area contributed by atoms with E-state index in [0.717, 1.165) is 17.5 Å². The molecule has 1 heterocycles. The van der Waals surface area contributed by atoms with Gasteiger partial charge >= 0.3 is 0 Å². The zero-order chi connectivity index (χ0) is 12.3. The van der Waals surface area contributed by atoms with E-state index >= 15 is 0 Å². The van der Waals surface area contributed by atoms with Crippen LogP contribution in [-0.2, 0) is 0 Å². The van der Waals surface area contributed by atoms with Gasteiger partial charge in [0.05, 0.1) is 0 Å². The summed E-state index contributed by atoms with van der Waals surface area (Å²) in [4.78, 5) is 2.42. The van der Waals surface area contributed by atoms with Crippen molar-refractivity contribution in [1.82, 2.24) is 4.90 Å². The maximum atomic E-state index is 5.95. The van der Waals surface area contributed by atoms with Crippen LogP contribution in [0.15, 0.2) is 18.2 Å². The fourth-order valence-electron chi connectivity index (χ4n) is 2.33. The molecule has 1 aliphatic rings. The Labute approximate surface area is 122 Å². The first-order chi connectivity index (χ1) is 8.15. The minimum atomic E-state index is 0.764. The lowest BCUT2D eigenvalue weighted by Crippen LogP contribution is -2.35. The van der Waals surface area contributed by atoms with Gasteiger partial charge < -0.3 is 10.2 Å². The number of hydrogen-bond donors (Lipinski definition) is 1. The molecule has 0 aliphatic carbocycles. The normalized spacial score (nSPS) is 21.5. The van der Waals surface area contributed by atoms with E-state index in [2.05, 4.69) is 45.9 Å². The molecule has 0 amide bonds. The van der Waals surface area contributed by atoms with E-state index in [9.17, 15) is 0 Å². The van der Waals surface area contributed by atoms with Crippen molar-refractivity contribution in [3.05, 3.63) is 26.8 Å². The summed E-state index contributed by atoms with van der Waals surface area (Å²) in [6.45, 7) is 3.51. The van der Waals surface area contributed by atoms with Crippen molar-refractivity contribution in [3.8, 4) is 0 Å². The number of likely N-dealkylation sites (tertiary alicyclic amines) is 1. The molecule has 1 aliphatic heterocycles. The predicted molar refractivity (Wildman–Crippen MR) is 82.9 cm³/mol. The molecule has 94 valence electrons. The summed E-state index contributed by atoms with van der Waals surface area (Å²) in [5.41, 5.74) is 1.20. The van der Waals surface area contributed by atoms with Gasteiger partial charge in [0.2, 0.25) is 0 Å². The number of nitrogens with zero attached hydrogens (tertiary/aromatic N) is 1. The summed E-state index contributed by atoms with van der Waals surface area (Å²) < 4.78 is 1.19. The van der Waals surface area contributed by atoms with Gasteiger partial charge in [0.15, 0.2) is 0 Å². The Balaban J connectivity index is 1.88. The van der Waals surface area contributed by atoms with Gasteiger partial charge in [-0.2, -0.15) is 0 Å². The van der Waals surface area contributed by atoms with Gasteiger partial charge in [0, 0.05) is 27.4 Å². The van der Waals surface area contributed by atoms with E-state index in [1.54, 1.807) is 0 Å². The second kappa shape index (κ2) is 6.25. The maximum absolute atomic E-state index is 5.95. The molecule has 1 unspecified atom stereocenters. The quantitative estimate of drug-likeness (QED) is 0.823. The highest BCUT2D eigenvalue weighted by Gasteiger charge is 2.16. The Morgan fingerprint density at radius 3 is 3.06 bits per heavy atom. The second-order valence-corrected chi connectivity index (χ2v) is 6.37. The van der Waals surface area contributed by atoms with Crippen molar-refractivity contribution in [3.63, 3.8) is 0 Å². The lowest BCUT2D eigenvalue weighted by atomic mass is 9.98. The number of nitrogens with one attached hydrogen (secondary N) is 1. The first kappa shape index (κ1) is 13.4. The third kappa shape index (κ3) is 4.00. The van der Waals surface area contributed by atoms with E-state index in [1.165, 1.54) is 35.2 Å². The molecule has 1 atom stereocenters. The Morgan fingerprint density at radius 1 is 1.53 bits per heavy atom. The van der Waals surface area contributed by atoms with Crippen molar-refractivity contribution in [2.24, 2.45) is 5.92 Å². The summed E-state index contributed by atoms with van der Waals surface area (Å²) in [5.74, 6) is 0.764. The molecule has 0 bridgehead atoms. The van der Waals surface area contributed by atoms with Gasteiger partial charge in [0.1, 0.15) is 0 Å². The SMILES string of the molecule is CN1CCCC(CNc2ccc(Cl)cc2I)C1. The van der Waals surface area contributed by atoms with Gasteiger partial charge in [-0.05, 0) is 73.1 Å². The molecule has 0 radical (unpaired) electrons. The number of benzene rings is 1.